The summed E-state index contributed by atoms with van der Waals surface area (Å²) >= 11 is 0. The molecule has 2 aromatic rings. The van der Waals surface area contributed by atoms with Crippen LogP contribution in [0, 0.1) is 5.92 Å². The predicted octanol–water partition coefficient (Wildman–Crippen LogP) is 2.75. The molecule has 1 N–H and O–H groups in total. The molecule has 2 saturated heterocycles. The van der Waals surface area contributed by atoms with Crippen molar-refractivity contribution in [1.82, 2.24) is 14.8 Å². The Balaban J connectivity index is 1.49. The maximum Gasteiger partial charge on any atom is 0.407 e. The van der Waals surface area contributed by atoms with Crippen molar-refractivity contribution < 1.29 is 14.7 Å². The molecule has 1 aromatic heterocycles. The average Bonchev–Trinajstić information content (AvgIpc) is 3.07. The number of hydrogen-bond donors (Lipinski definition) is 1. The molecule has 6 nitrogen and oxygen atoms in total. The molecule has 2 atom stereocenters. The van der Waals surface area contributed by atoms with Gasteiger partial charge in [0.1, 0.15) is 0 Å². The molecule has 0 spiro atoms. The number of rotatable bonds is 3. The van der Waals surface area contributed by atoms with E-state index >= 15 is 0 Å². The van der Waals surface area contributed by atoms with Gasteiger partial charge < -0.3 is 14.9 Å². The molecule has 6 heteroatoms. The van der Waals surface area contributed by atoms with E-state index in [1.54, 1.807) is 6.20 Å². The van der Waals surface area contributed by atoms with Crippen LogP contribution in [0.5, 0.6) is 0 Å². The van der Waals surface area contributed by atoms with Crippen molar-refractivity contribution in [3.8, 4) is 0 Å². The van der Waals surface area contributed by atoms with Gasteiger partial charge in [-0.2, -0.15) is 0 Å². The number of carboxylic acid groups (broad SMARTS) is 1. The molecule has 0 saturated carbocycles. The lowest BCUT2D eigenvalue weighted by Crippen LogP contribution is -2.51. The second-order valence-corrected chi connectivity index (χ2v) is 6.95. The van der Waals surface area contributed by atoms with Crippen LogP contribution in [0.15, 0.2) is 54.9 Å². The summed E-state index contributed by atoms with van der Waals surface area (Å²) in [6.07, 6.45) is 3.19. The number of amides is 2. The van der Waals surface area contributed by atoms with Gasteiger partial charge in [0.2, 0.25) is 5.91 Å². The Morgan fingerprint density at radius 1 is 1.04 bits per heavy atom. The highest BCUT2D eigenvalue weighted by Crippen LogP contribution is 2.40. The standard InChI is InChI=1S/C20H21N3O3/c24-19(22-12-16(13-22)15-7-4-9-21-11-15)17-8-10-23(20(25)26)18(17)14-5-2-1-3-6-14/h1-7,9,11,16-18H,8,10,12-13H2,(H,25,26). The van der Waals surface area contributed by atoms with Crippen LogP contribution in [0.25, 0.3) is 0 Å². The highest BCUT2D eigenvalue weighted by atomic mass is 16.4. The minimum absolute atomic E-state index is 0.0581. The fourth-order valence-corrected chi connectivity index (χ4v) is 4.05. The number of pyridine rings is 1. The predicted molar refractivity (Wildman–Crippen MR) is 95.6 cm³/mol. The summed E-state index contributed by atoms with van der Waals surface area (Å²) < 4.78 is 0. The molecule has 0 bridgehead atoms. The van der Waals surface area contributed by atoms with Gasteiger partial charge in [-0.3, -0.25) is 9.78 Å². The lowest BCUT2D eigenvalue weighted by atomic mass is 9.87. The van der Waals surface area contributed by atoms with Crippen LogP contribution in [0.1, 0.15) is 29.5 Å². The van der Waals surface area contributed by atoms with Crippen LogP contribution in [0.3, 0.4) is 0 Å². The molecule has 26 heavy (non-hydrogen) atoms. The molecule has 0 aliphatic carbocycles. The molecule has 2 amide bonds. The number of aromatic nitrogens is 1. The Morgan fingerprint density at radius 3 is 2.42 bits per heavy atom. The Morgan fingerprint density at radius 2 is 1.77 bits per heavy atom. The first-order chi connectivity index (χ1) is 12.6. The van der Waals surface area contributed by atoms with Gasteiger partial charge in [0.25, 0.3) is 0 Å². The maximum absolute atomic E-state index is 13.0. The highest BCUT2D eigenvalue weighted by molar-refractivity contribution is 5.82. The van der Waals surface area contributed by atoms with Gasteiger partial charge in [-0.25, -0.2) is 4.79 Å². The van der Waals surface area contributed by atoms with Gasteiger partial charge in [-0.05, 0) is 23.6 Å². The minimum Gasteiger partial charge on any atom is -0.465 e. The third kappa shape index (κ3) is 2.92. The topological polar surface area (TPSA) is 73.7 Å². The Labute approximate surface area is 152 Å². The van der Waals surface area contributed by atoms with Crippen molar-refractivity contribution in [2.75, 3.05) is 19.6 Å². The second-order valence-electron chi connectivity index (χ2n) is 6.95. The zero-order valence-corrected chi connectivity index (χ0v) is 14.4. The number of nitrogens with zero attached hydrogens (tertiary/aromatic N) is 3. The molecule has 2 aliphatic rings. The number of carbonyl (C=O) groups is 2. The number of carbonyl (C=O) groups excluding carboxylic acids is 1. The van der Waals surface area contributed by atoms with Crippen LogP contribution in [0.4, 0.5) is 4.79 Å². The molecule has 2 unspecified atom stereocenters. The molecular formula is C20H21N3O3. The number of likely N-dealkylation sites (tertiary alicyclic amines) is 2. The van der Waals surface area contributed by atoms with Crippen LogP contribution < -0.4 is 0 Å². The fourth-order valence-electron chi connectivity index (χ4n) is 4.05. The smallest absolute Gasteiger partial charge is 0.407 e. The van der Waals surface area contributed by atoms with E-state index in [4.69, 9.17) is 0 Å². The van der Waals surface area contributed by atoms with E-state index in [0.717, 1.165) is 11.1 Å². The van der Waals surface area contributed by atoms with Crippen molar-refractivity contribution in [2.45, 2.75) is 18.4 Å². The van der Waals surface area contributed by atoms with Crippen molar-refractivity contribution in [3.05, 3.63) is 66.0 Å². The lowest BCUT2D eigenvalue weighted by molar-refractivity contribution is -0.140. The van der Waals surface area contributed by atoms with Crippen LogP contribution in [-0.2, 0) is 4.79 Å². The van der Waals surface area contributed by atoms with E-state index in [2.05, 4.69) is 4.98 Å². The monoisotopic (exact) mass is 351 g/mol. The summed E-state index contributed by atoms with van der Waals surface area (Å²) in [7, 11) is 0. The Hall–Kier alpha value is -2.89. The molecule has 2 fully saturated rings. The average molecular weight is 351 g/mol. The van der Waals surface area contributed by atoms with E-state index in [1.807, 2.05) is 53.6 Å². The molecule has 2 aliphatic heterocycles. The molecule has 0 radical (unpaired) electrons. The number of hydrogen-bond acceptors (Lipinski definition) is 3. The summed E-state index contributed by atoms with van der Waals surface area (Å²) in [5, 5.41) is 9.54. The van der Waals surface area contributed by atoms with Crippen molar-refractivity contribution in [1.29, 1.82) is 0 Å². The fraction of sp³-hybridized carbons (Fsp3) is 0.350. The third-order valence-corrected chi connectivity index (χ3v) is 5.45. The van der Waals surface area contributed by atoms with Crippen LogP contribution >= 0.6 is 0 Å². The minimum atomic E-state index is -0.967. The molecule has 1 aromatic carbocycles. The van der Waals surface area contributed by atoms with E-state index in [-0.39, 0.29) is 11.8 Å². The molecule has 3 heterocycles. The van der Waals surface area contributed by atoms with Crippen LogP contribution in [-0.4, -0.2) is 51.5 Å². The Bertz CT molecular complexity index is 790. The summed E-state index contributed by atoms with van der Waals surface area (Å²) in [5.74, 6) is 0.0610. The highest BCUT2D eigenvalue weighted by Gasteiger charge is 2.45. The quantitative estimate of drug-likeness (QED) is 0.923. The maximum atomic E-state index is 13.0. The van der Waals surface area contributed by atoms with Gasteiger partial charge in [-0.15, -0.1) is 0 Å². The van der Waals surface area contributed by atoms with E-state index in [9.17, 15) is 14.7 Å². The van der Waals surface area contributed by atoms with Gasteiger partial charge >= 0.3 is 6.09 Å². The lowest BCUT2D eigenvalue weighted by Gasteiger charge is -2.41. The largest absolute Gasteiger partial charge is 0.465 e. The van der Waals surface area contributed by atoms with Gasteiger partial charge in [-0.1, -0.05) is 36.4 Å². The van der Waals surface area contributed by atoms with E-state index < -0.39 is 12.1 Å². The first-order valence-corrected chi connectivity index (χ1v) is 8.88. The van der Waals surface area contributed by atoms with Gasteiger partial charge in [0, 0.05) is 37.9 Å². The van der Waals surface area contributed by atoms with Crippen molar-refractivity contribution in [3.63, 3.8) is 0 Å². The summed E-state index contributed by atoms with van der Waals surface area (Å²) in [6.45, 7) is 1.75. The SMILES string of the molecule is O=C(C1CCN(C(=O)O)C1c1ccccc1)N1CC(c2cccnc2)C1. The van der Waals surface area contributed by atoms with Crippen LogP contribution in [0.2, 0.25) is 0 Å². The third-order valence-electron chi connectivity index (χ3n) is 5.45. The Kier molecular flexibility index (Phi) is 4.32. The second kappa shape index (κ2) is 6.78. The summed E-state index contributed by atoms with van der Waals surface area (Å²) in [4.78, 5) is 32.1. The summed E-state index contributed by atoms with van der Waals surface area (Å²) in [6, 6.07) is 13.0. The number of benzene rings is 1. The van der Waals surface area contributed by atoms with Crippen molar-refractivity contribution >= 4 is 12.0 Å². The normalized spacial score (nSPS) is 22.9. The molecular weight excluding hydrogens is 330 g/mol. The first kappa shape index (κ1) is 16.6. The van der Waals surface area contributed by atoms with E-state index in [1.165, 1.54) is 4.90 Å². The van der Waals surface area contributed by atoms with Gasteiger partial charge in [0.15, 0.2) is 0 Å². The zero-order chi connectivity index (χ0) is 18.1. The molecule has 134 valence electrons. The van der Waals surface area contributed by atoms with Crippen molar-refractivity contribution in [2.24, 2.45) is 5.92 Å². The summed E-state index contributed by atoms with van der Waals surface area (Å²) in [5.41, 5.74) is 2.03. The molecule has 4 rings (SSSR count). The van der Waals surface area contributed by atoms with E-state index in [0.29, 0.717) is 32.0 Å². The zero-order valence-electron chi connectivity index (χ0n) is 14.4. The first-order valence-electron chi connectivity index (χ1n) is 8.88. The van der Waals surface area contributed by atoms with Gasteiger partial charge in [0.05, 0.1) is 12.0 Å².